The van der Waals surface area contributed by atoms with Gasteiger partial charge in [-0.3, -0.25) is 4.79 Å². The van der Waals surface area contributed by atoms with Gasteiger partial charge in [0, 0.05) is 12.4 Å². The van der Waals surface area contributed by atoms with Crippen molar-refractivity contribution in [2.75, 3.05) is 7.11 Å². The van der Waals surface area contributed by atoms with Crippen LogP contribution in [0.5, 0.6) is 0 Å². The van der Waals surface area contributed by atoms with Gasteiger partial charge in [0.15, 0.2) is 5.16 Å². The lowest BCUT2D eigenvalue weighted by molar-refractivity contribution is -0.138. The number of hydrazone groups is 1. The van der Waals surface area contributed by atoms with Gasteiger partial charge in [-0.25, -0.2) is 20.2 Å². The van der Waals surface area contributed by atoms with Crippen molar-refractivity contribution in [3.63, 3.8) is 0 Å². The SMILES string of the molecule is COC(=O)C(Sc1ncccn1)/C(C)=N/NC(N)=O. The van der Waals surface area contributed by atoms with E-state index in [-0.39, 0.29) is 0 Å². The van der Waals surface area contributed by atoms with E-state index in [1.54, 1.807) is 25.4 Å². The van der Waals surface area contributed by atoms with Crippen LogP contribution >= 0.6 is 11.8 Å². The molecule has 0 saturated carbocycles. The average Bonchev–Trinajstić information content (AvgIpc) is 2.42. The molecule has 8 nitrogen and oxygen atoms in total. The Balaban J connectivity index is 2.86. The van der Waals surface area contributed by atoms with Gasteiger partial charge in [-0.05, 0) is 13.0 Å². The molecule has 0 aliphatic carbocycles. The lowest BCUT2D eigenvalue weighted by Gasteiger charge is -2.12. The lowest BCUT2D eigenvalue weighted by atomic mass is 10.3. The number of nitrogens with two attached hydrogens (primary N) is 1. The first kappa shape index (κ1) is 14.9. The summed E-state index contributed by atoms with van der Waals surface area (Å²) in [6.07, 6.45) is 3.11. The molecular weight excluding hydrogens is 270 g/mol. The molecule has 102 valence electrons. The molecule has 1 unspecified atom stereocenters. The first-order valence-electron chi connectivity index (χ1n) is 5.15. The Morgan fingerprint density at radius 3 is 2.63 bits per heavy atom. The molecule has 1 heterocycles. The second kappa shape index (κ2) is 7.31. The molecule has 0 spiro atoms. The molecule has 1 aromatic heterocycles. The number of amides is 2. The van der Waals surface area contributed by atoms with Crippen molar-refractivity contribution in [2.45, 2.75) is 17.3 Å². The fourth-order valence-corrected chi connectivity index (χ4v) is 1.93. The van der Waals surface area contributed by atoms with Crippen LogP contribution in [-0.4, -0.2) is 40.0 Å². The van der Waals surface area contributed by atoms with Crippen molar-refractivity contribution < 1.29 is 14.3 Å². The van der Waals surface area contributed by atoms with Crippen LogP contribution in [-0.2, 0) is 9.53 Å². The standard InChI is InChI=1S/C10H13N5O3S/c1-6(14-15-9(11)17)7(8(16)18-2)19-10-12-4-3-5-13-10/h3-5,7H,1-2H3,(H3,11,15,17)/b14-6+. The minimum absolute atomic E-state index is 0.322. The molecule has 0 saturated heterocycles. The lowest BCUT2D eigenvalue weighted by Crippen LogP contribution is -2.31. The minimum atomic E-state index is -0.816. The predicted octanol–water partition coefficient (Wildman–Crippen LogP) is 0.154. The summed E-state index contributed by atoms with van der Waals surface area (Å²) in [7, 11) is 1.26. The summed E-state index contributed by atoms with van der Waals surface area (Å²) in [6.45, 7) is 1.56. The molecule has 0 aliphatic heterocycles. The quantitative estimate of drug-likeness (QED) is 0.261. The zero-order valence-corrected chi connectivity index (χ0v) is 11.2. The van der Waals surface area contributed by atoms with Crippen LogP contribution in [0.2, 0.25) is 0 Å². The van der Waals surface area contributed by atoms with E-state index >= 15 is 0 Å². The van der Waals surface area contributed by atoms with Crippen LogP contribution in [0.4, 0.5) is 4.79 Å². The van der Waals surface area contributed by atoms with Crippen LogP contribution in [0.3, 0.4) is 0 Å². The summed E-state index contributed by atoms with van der Waals surface area (Å²) in [5, 5.41) is 3.33. The number of nitrogens with one attached hydrogen (secondary N) is 1. The molecule has 0 radical (unpaired) electrons. The highest BCUT2D eigenvalue weighted by atomic mass is 32.2. The van der Waals surface area contributed by atoms with Crippen molar-refractivity contribution in [3.8, 4) is 0 Å². The van der Waals surface area contributed by atoms with Crippen LogP contribution in [0.1, 0.15) is 6.92 Å². The molecule has 1 atom stereocenters. The van der Waals surface area contributed by atoms with Crippen molar-refractivity contribution in [3.05, 3.63) is 18.5 Å². The molecule has 0 aliphatic rings. The fourth-order valence-electron chi connectivity index (χ4n) is 1.06. The molecule has 2 amide bonds. The van der Waals surface area contributed by atoms with Gasteiger partial charge in [-0.1, -0.05) is 11.8 Å². The van der Waals surface area contributed by atoms with E-state index in [1.165, 1.54) is 7.11 Å². The summed E-state index contributed by atoms with van der Waals surface area (Å²) < 4.78 is 4.67. The zero-order chi connectivity index (χ0) is 14.3. The summed E-state index contributed by atoms with van der Waals surface area (Å²) in [6, 6.07) is 0.844. The smallest absolute Gasteiger partial charge is 0.332 e. The van der Waals surface area contributed by atoms with Gasteiger partial charge in [-0.15, -0.1) is 0 Å². The normalized spacial score (nSPS) is 12.6. The largest absolute Gasteiger partial charge is 0.468 e. The molecule has 0 fully saturated rings. The Morgan fingerprint density at radius 2 is 2.11 bits per heavy atom. The van der Waals surface area contributed by atoms with E-state index in [9.17, 15) is 9.59 Å². The first-order valence-corrected chi connectivity index (χ1v) is 6.03. The third-order valence-electron chi connectivity index (χ3n) is 1.90. The zero-order valence-electron chi connectivity index (χ0n) is 10.4. The number of rotatable bonds is 5. The van der Waals surface area contributed by atoms with E-state index in [1.807, 2.05) is 0 Å². The summed E-state index contributed by atoms with van der Waals surface area (Å²) in [4.78, 5) is 30.2. The van der Waals surface area contributed by atoms with Crippen LogP contribution in [0, 0.1) is 0 Å². The number of thioether (sulfide) groups is 1. The van der Waals surface area contributed by atoms with Crippen LogP contribution < -0.4 is 11.2 Å². The van der Waals surface area contributed by atoms with Crippen molar-refractivity contribution in [1.29, 1.82) is 0 Å². The summed E-state index contributed by atoms with van der Waals surface area (Å²) in [5.74, 6) is -0.523. The fraction of sp³-hybridized carbons (Fsp3) is 0.300. The third kappa shape index (κ3) is 4.92. The first-order chi connectivity index (χ1) is 9.04. The van der Waals surface area contributed by atoms with Crippen LogP contribution in [0.25, 0.3) is 0 Å². The third-order valence-corrected chi connectivity index (χ3v) is 3.09. The maximum atomic E-state index is 11.7. The molecule has 0 aromatic carbocycles. The van der Waals surface area contributed by atoms with E-state index in [0.29, 0.717) is 10.9 Å². The Labute approximate surface area is 113 Å². The number of methoxy groups -OCH3 is 1. The van der Waals surface area contributed by atoms with E-state index in [0.717, 1.165) is 11.8 Å². The highest BCUT2D eigenvalue weighted by Gasteiger charge is 2.25. The summed E-state index contributed by atoms with van der Waals surface area (Å²) >= 11 is 1.06. The monoisotopic (exact) mass is 283 g/mol. The molecular formula is C10H13N5O3S. The highest BCUT2D eigenvalue weighted by Crippen LogP contribution is 2.21. The Hall–Kier alpha value is -2.16. The van der Waals surface area contributed by atoms with Crippen molar-refractivity contribution >= 4 is 29.5 Å². The van der Waals surface area contributed by atoms with E-state index in [4.69, 9.17) is 5.73 Å². The average molecular weight is 283 g/mol. The number of carbonyl (C=O) groups excluding carboxylic acids is 2. The van der Waals surface area contributed by atoms with Gasteiger partial charge in [0.25, 0.3) is 0 Å². The molecule has 3 N–H and O–H groups in total. The molecule has 9 heteroatoms. The number of nitrogens with zero attached hydrogens (tertiary/aromatic N) is 3. The van der Waals surface area contributed by atoms with E-state index < -0.39 is 17.3 Å². The Bertz CT molecular complexity index is 479. The second-order valence-electron chi connectivity index (χ2n) is 3.28. The Kier molecular flexibility index (Phi) is 5.73. The number of aromatic nitrogens is 2. The topological polar surface area (TPSA) is 120 Å². The Morgan fingerprint density at radius 1 is 1.47 bits per heavy atom. The maximum Gasteiger partial charge on any atom is 0.332 e. The highest BCUT2D eigenvalue weighted by molar-refractivity contribution is 8.01. The van der Waals surface area contributed by atoms with Gasteiger partial charge in [0.1, 0.15) is 5.25 Å². The number of carbonyl (C=O) groups is 2. The van der Waals surface area contributed by atoms with Gasteiger partial charge in [0.2, 0.25) is 0 Å². The van der Waals surface area contributed by atoms with Gasteiger partial charge in [-0.2, -0.15) is 5.10 Å². The number of urea groups is 1. The molecule has 1 rings (SSSR count). The van der Waals surface area contributed by atoms with Crippen LogP contribution in [0.15, 0.2) is 28.7 Å². The second-order valence-corrected chi connectivity index (χ2v) is 4.35. The van der Waals surface area contributed by atoms with Gasteiger partial charge in [0.05, 0.1) is 12.8 Å². The number of ether oxygens (including phenoxy) is 1. The minimum Gasteiger partial charge on any atom is -0.468 e. The number of hydrogen-bond donors (Lipinski definition) is 2. The van der Waals surface area contributed by atoms with Crippen molar-refractivity contribution in [2.24, 2.45) is 10.8 Å². The number of hydrogen-bond acceptors (Lipinski definition) is 7. The molecule has 19 heavy (non-hydrogen) atoms. The number of primary amides is 1. The van der Waals surface area contributed by atoms with Gasteiger partial charge >= 0.3 is 12.0 Å². The maximum absolute atomic E-state index is 11.7. The number of esters is 1. The molecule has 0 bridgehead atoms. The molecule has 1 aromatic rings. The predicted molar refractivity (Wildman–Crippen MR) is 69.5 cm³/mol. The van der Waals surface area contributed by atoms with Gasteiger partial charge < -0.3 is 10.5 Å². The van der Waals surface area contributed by atoms with Crippen molar-refractivity contribution in [1.82, 2.24) is 15.4 Å². The summed E-state index contributed by atoms with van der Waals surface area (Å²) in [5.41, 5.74) is 7.27. The van der Waals surface area contributed by atoms with E-state index in [2.05, 4.69) is 25.2 Å².